The van der Waals surface area contributed by atoms with Crippen molar-refractivity contribution in [2.24, 2.45) is 4.99 Å². The molecular formula is C22H27F3N6O3. The van der Waals surface area contributed by atoms with E-state index in [2.05, 4.69) is 15.6 Å². The van der Waals surface area contributed by atoms with Gasteiger partial charge in [0.2, 0.25) is 17.8 Å². The Hall–Kier alpha value is -3.49. The van der Waals surface area contributed by atoms with Gasteiger partial charge >= 0.3 is 6.18 Å². The minimum Gasteiger partial charge on any atom is -0.497 e. The van der Waals surface area contributed by atoms with Crippen LogP contribution in [0.1, 0.15) is 37.7 Å². The van der Waals surface area contributed by atoms with Gasteiger partial charge in [-0.1, -0.05) is 0 Å². The summed E-state index contributed by atoms with van der Waals surface area (Å²) in [6, 6.07) is 2.14. The molecule has 0 aliphatic carbocycles. The smallest absolute Gasteiger partial charge is 0.416 e. The Morgan fingerprint density at radius 2 is 1.91 bits per heavy atom. The van der Waals surface area contributed by atoms with Gasteiger partial charge in [0.15, 0.2) is 6.19 Å². The Balaban J connectivity index is 1.80. The SMILES string of the molecule is COc1cc(NC(=NC2CCCCN(CC(=O)N3CCCC3)C2=O)NC#N)cc(C(F)(F)F)c1. The van der Waals surface area contributed by atoms with Gasteiger partial charge in [0.25, 0.3) is 0 Å². The summed E-state index contributed by atoms with van der Waals surface area (Å²) in [5.74, 6) is -0.675. The summed E-state index contributed by atoms with van der Waals surface area (Å²) in [5.41, 5.74) is -0.960. The number of aliphatic imine (C=N–C) groups is 1. The molecule has 2 aliphatic heterocycles. The molecule has 0 spiro atoms. The normalized spacial score (nSPS) is 19.4. The van der Waals surface area contributed by atoms with E-state index >= 15 is 0 Å². The molecular weight excluding hydrogens is 453 g/mol. The number of ether oxygens (including phenoxy) is 1. The summed E-state index contributed by atoms with van der Waals surface area (Å²) < 4.78 is 44.7. The highest BCUT2D eigenvalue weighted by Crippen LogP contribution is 2.34. The molecule has 1 aromatic rings. The van der Waals surface area contributed by atoms with Crippen LogP contribution in [0.15, 0.2) is 23.2 Å². The number of rotatable bonds is 5. The van der Waals surface area contributed by atoms with Crippen molar-refractivity contribution in [2.45, 2.75) is 44.3 Å². The number of anilines is 1. The fraction of sp³-hybridized carbons (Fsp3) is 0.545. The number of halogens is 3. The van der Waals surface area contributed by atoms with Crippen molar-refractivity contribution in [2.75, 3.05) is 38.6 Å². The van der Waals surface area contributed by atoms with Crippen molar-refractivity contribution in [3.63, 3.8) is 0 Å². The van der Waals surface area contributed by atoms with Gasteiger partial charge < -0.3 is 19.9 Å². The molecule has 2 fully saturated rings. The summed E-state index contributed by atoms with van der Waals surface area (Å²) >= 11 is 0. The van der Waals surface area contributed by atoms with E-state index in [1.165, 1.54) is 18.1 Å². The quantitative estimate of drug-likeness (QED) is 0.290. The second-order valence-electron chi connectivity index (χ2n) is 8.15. The lowest BCUT2D eigenvalue weighted by atomic mass is 10.1. The topological polar surface area (TPSA) is 110 Å². The van der Waals surface area contributed by atoms with Gasteiger partial charge in [-0.2, -0.15) is 18.4 Å². The standard InChI is InChI=1S/C22H27F3N6O3/c1-34-17-11-15(22(23,24)25)10-16(12-17)28-21(27-14-26)29-18-6-2-3-9-31(20(18)33)13-19(32)30-7-4-5-8-30/h10-12,18H,2-9,13H2,1H3,(H2,27,28,29). The molecule has 184 valence electrons. The minimum atomic E-state index is -4.61. The van der Waals surface area contributed by atoms with Crippen LogP contribution >= 0.6 is 0 Å². The molecule has 12 heteroatoms. The number of carbonyl (C=O) groups is 2. The summed E-state index contributed by atoms with van der Waals surface area (Å²) in [6.45, 7) is 1.75. The highest BCUT2D eigenvalue weighted by molar-refractivity contribution is 5.97. The highest BCUT2D eigenvalue weighted by Gasteiger charge is 2.32. The molecule has 0 radical (unpaired) electrons. The number of carbonyl (C=O) groups excluding carboxylic acids is 2. The van der Waals surface area contributed by atoms with Gasteiger partial charge in [-0.3, -0.25) is 14.9 Å². The molecule has 9 nitrogen and oxygen atoms in total. The minimum absolute atomic E-state index is 0.0182. The van der Waals surface area contributed by atoms with Crippen molar-refractivity contribution in [1.82, 2.24) is 15.1 Å². The number of guanidine groups is 1. The van der Waals surface area contributed by atoms with E-state index in [1.54, 1.807) is 11.1 Å². The summed E-state index contributed by atoms with van der Waals surface area (Å²) in [7, 11) is 1.24. The summed E-state index contributed by atoms with van der Waals surface area (Å²) in [5, 5.41) is 14.0. The zero-order valence-electron chi connectivity index (χ0n) is 18.8. The molecule has 1 unspecified atom stereocenters. The Labute approximate surface area is 195 Å². The van der Waals surface area contributed by atoms with Gasteiger partial charge in [-0.25, -0.2) is 4.99 Å². The molecule has 34 heavy (non-hydrogen) atoms. The van der Waals surface area contributed by atoms with Crippen molar-refractivity contribution < 1.29 is 27.5 Å². The number of methoxy groups -OCH3 is 1. The molecule has 2 heterocycles. The van der Waals surface area contributed by atoms with Crippen LogP contribution < -0.4 is 15.4 Å². The Morgan fingerprint density at radius 3 is 2.56 bits per heavy atom. The first-order valence-electron chi connectivity index (χ1n) is 11.0. The predicted molar refractivity (Wildman–Crippen MR) is 118 cm³/mol. The van der Waals surface area contributed by atoms with Crippen LogP contribution in [0.2, 0.25) is 0 Å². The summed E-state index contributed by atoms with van der Waals surface area (Å²) in [6.07, 6.45) is 0.723. The molecule has 2 aliphatic rings. The van der Waals surface area contributed by atoms with E-state index < -0.39 is 17.8 Å². The van der Waals surface area contributed by atoms with Gasteiger partial charge in [0, 0.05) is 31.4 Å². The summed E-state index contributed by atoms with van der Waals surface area (Å²) in [4.78, 5) is 33.2. The third kappa shape index (κ3) is 6.52. The molecule has 1 aromatic carbocycles. The fourth-order valence-corrected chi connectivity index (χ4v) is 3.99. The lowest BCUT2D eigenvalue weighted by molar-refractivity contribution is -0.140. The molecule has 2 N–H and O–H groups in total. The van der Waals surface area contributed by atoms with Crippen molar-refractivity contribution in [1.29, 1.82) is 5.26 Å². The number of likely N-dealkylation sites (tertiary alicyclic amines) is 2. The van der Waals surface area contributed by atoms with Gasteiger partial charge in [-0.05, 0) is 44.2 Å². The average Bonchev–Trinajstić information content (AvgIpc) is 3.28. The van der Waals surface area contributed by atoms with E-state index in [1.807, 2.05) is 0 Å². The Kier molecular flexibility index (Phi) is 8.20. The number of nitrogens with one attached hydrogen (secondary N) is 2. The van der Waals surface area contributed by atoms with Gasteiger partial charge in [0.05, 0.1) is 19.2 Å². The second kappa shape index (κ2) is 11.1. The van der Waals surface area contributed by atoms with Crippen molar-refractivity contribution in [3.8, 4) is 11.9 Å². The van der Waals surface area contributed by atoms with Crippen LogP contribution in [0.3, 0.4) is 0 Å². The Morgan fingerprint density at radius 1 is 1.21 bits per heavy atom. The zero-order chi connectivity index (χ0) is 24.7. The second-order valence-corrected chi connectivity index (χ2v) is 8.15. The molecule has 0 aromatic heterocycles. The van der Waals surface area contributed by atoms with E-state index in [9.17, 15) is 22.8 Å². The predicted octanol–water partition coefficient (Wildman–Crippen LogP) is 2.56. The number of hydrogen-bond acceptors (Lipinski definition) is 5. The molecule has 3 rings (SSSR count). The maximum atomic E-state index is 13.2. The van der Waals surface area contributed by atoms with Crippen LogP contribution in [0.4, 0.5) is 18.9 Å². The number of nitrogens with zero attached hydrogens (tertiary/aromatic N) is 4. The van der Waals surface area contributed by atoms with E-state index in [0.29, 0.717) is 38.9 Å². The highest BCUT2D eigenvalue weighted by atomic mass is 19.4. The average molecular weight is 480 g/mol. The number of hydrogen-bond donors (Lipinski definition) is 2. The molecule has 2 amide bonds. The zero-order valence-corrected chi connectivity index (χ0v) is 18.8. The van der Waals surface area contributed by atoms with E-state index in [0.717, 1.165) is 25.0 Å². The van der Waals surface area contributed by atoms with E-state index in [-0.39, 0.29) is 35.8 Å². The van der Waals surface area contributed by atoms with Gasteiger partial charge in [-0.15, -0.1) is 0 Å². The third-order valence-electron chi connectivity index (χ3n) is 5.73. The van der Waals surface area contributed by atoms with Crippen molar-refractivity contribution >= 4 is 23.5 Å². The lowest BCUT2D eigenvalue weighted by Crippen LogP contribution is -2.45. The fourth-order valence-electron chi connectivity index (χ4n) is 3.99. The maximum absolute atomic E-state index is 13.2. The van der Waals surface area contributed by atoms with Crippen LogP contribution in [-0.4, -0.2) is 66.9 Å². The molecule has 0 saturated carbocycles. The monoisotopic (exact) mass is 480 g/mol. The third-order valence-corrected chi connectivity index (χ3v) is 5.73. The number of alkyl halides is 3. The molecule has 2 saturated heterocycles. The molecule has 0 bridgehead atoms. The van der Waals surface area contributed by atoms with Crippen LogP contribution in [0, 0.1) is 11.5 Å². The Bertz CT molecular complexity index is 970. The first-order chi connectivity index (χ1) is 16.2. The van der Waals surface area contributed by atoms with Crippen LogP contribution in [-0.2, 0) is 15.8 Å². The van der Waals surface area contributed by atoms with Crippen LogP contribution in [0.5, 0.6) is 5.75 Å². The van der Waals surface area contributed by atoms with Crippen LogP contribution in [0.25, 0.3) is 0 Å². The first kappa shape index (κ1) is 25.1. The van der Waals surface area contributed by atoms with Gasteiger partial charge in [0.1, 0.15) is 11.8 Å². The number of amides is 2. The first-order valence-corrected chi connectivity index (χ1v) is 11.0. The maximum Gasteiger partial charge on any atom is 0.416 e. The van der Waals surface area contributed by atoms with Crippen molar-refractivity contribution in [3.05, 3.63) is 23.8 Å². The molecule has 1 atom stereocenters. The number of nitriles is 1. The largest absolute Gasteiger partial charge is 0.497 e. The lowest BCUT2D eigenvalue weighted by Gasteiger charge is -2.25. The van der Waals surface area contributed by atoms with E-state index in [4.69, 9.17) is 10.00 Å². The number of benzene rings is 1.